The second kappa shape index (κ2) is 10.9. The first-order valence-electron chi connectivity index (χ1n) is 11.5. The molecule has 2 aromatic rings. The Balaban J connectivity index is 1.33. The van der Waals surface area contributed by atoms with Crippen LogP contribution in [0.4, 0.5) is 10.5 Å². The number of imide groups is 1. The zero-order chi connectivity index (χ0) is 23.0. The van der Waals surface area contributed by atoms with E-state index in [0.717, 1.165) is 49.5 Å². The lowest BCUT2D eigenvalue weighted by Gasteiger charge is -2.38. The van der Waals surface area contributed by atoms with Crippen LogP contribution in [0.5, 0.6) is 0 Å². The summed E-state index contributed by atoms with van der Waals surface area (Å²) in [4.78, 5) is 42.1. The molecule has 0 saturated carbocycles. The summed E-state index contributed by atoms with van der Waals surface area (Å²) in [6, 6.07) is 20.1. The van der Waals surface area contributed by atoms with Crippen LogP contribution < -0.4 is 10.2 Å². The summed E-state index contributed by atoms with van der Waals surface area (Å²) < 4.78 is 0. The molecule has 0 aromatic heterocycles. The summed E-state index contributed by atoms with van der Waals surface area (Å²) in [5.74, 6) is -0.672. The first-order valence-corrected chi connectivity index (χ1v) is 11.5. The number of nitrogens with one attached hydrogen (secondary N) is 1. The number of piperidine rings is 1. The molecular weight excluding hydrogens is 416 g/mol. The number of benzene rings is 2. The molecule has 2 heterocycles. The van der Waals surface area contributed by atoms with Gasteiger partial charge in [0, 0.05) is 56.6 Å². The molecule has 2 aliphatic heterocycles. The minimum absolute atomic E-state index is 0.0945. The Bertz CT molecular complexity index is 967. The molecule has 7 nitrogen and oxygen atoms in total. The first kappa shape index (κ1) is 22.7. The summed E-state index contributed by atoms with van der Waals surface area (Å²) in [5.41, 5.74) is 2.20. The Labute approximate surface area is 194 Å². The van der Waals surface area contributed by atoms with Crippen LogP contribution in [0.2, 0.25) is 0 Å². The number of likely N-dealkylation sites (tertiary alicyclic amines) is 1. The van der Waals surface area contributed by atoms with Gasteiger partial charge in [-0.3, -0.25) is 19.4 Å². The summed E-state index contributed by atoms with van der Waals surface area (Å²) in [6.45, 7) is 3.28. The predicted octanol–water partition coefficient (Wildman–Crippen LogP) is 2.83. The number of para-hydroxylation sites is 1. The average Bonchev–Trinajstić information content (AvgIpc) is 3.17. The van der Waals surface area contributed by atoms with Gasteiger partial charge in [-0.2, -0.15) is 0 Å². The lowest BCUT2D eigenvalue weighted by atomic mass is 10.0. The van der Waals surface area contributed by atoms with E-state index in [1.165, 1.54) is 17.7 Å². The van der Waals surface area contributed by atoms with Crippen molar-refractivity contribution < 1.29 is 14.4 Å². The Morgan fingerprint density at radius 1 is 0.879 bits per heavy atom. The fourth-order valence-corrected chi connectivity index (χ4v) is 4.43. The number of amides is 4. The molecule has 0 spiro atoms. The SMILES string of the molecule is O=C1C=CC(=O)N1CCNC(=O)N(c1ccccc1)C1CCN(CCc2ccccc2)CC1. The van der Waals surface area contributed by atoms with E-state index < -0.39 is 0 Å². The number of carbonyl (C=O) groups is 3. The van der Waals surface area contributed by atoms with Crippen molar-refractivity contribution >= 4 is 23.5 Å². The maximum Gasteiger partial charge on any atom is 0.322 e. The number of urea groups is 1. The maximum absolute atomic E-state index is 13.2. The van der Waals surface area contributed by atoms with Crippen molar-refractivity contribution in [3.05, 3.63) is 78.4 Å². The third kappa shape index (κ3) is 5.87. The summed E-state index contributed by atoms with van der Waals surface area (Å²) in [6.07, 6.45) is 5.32. The highest BCUT2D eigenvalue weighted by molar-refractivity contribution is 6.12. The Morgan fingerprint density at radius 2 is 1.48 bits per heavy atom. The van der Waals surface area contributed by atoms with Crippen LogP contribution in [0.1, 0.15) is 18.4 Å². The predicted molar refractivity (Wildman–Crippen MR) is 128 cm³/mol. The highest BCUT2D eigenvalue weighted by atomic mass is 16.2. The van der Waals surface area contributed by atoms with Gasteiger partial charge in [0.15, 0.2) is 0 Å². The van der Waals surface area contributed by atoms with Crippen molar-refractivity contribution in [3.63, 3.8) is 0 Å². The van der Waals surface area contributed by atoms with Gasteiger partial charge in [-0.15, -0.1) is 0 Å². The molecule has 1 fully saturated rings. The quantitative estimate of drug-likeness (QED) is 0.633. The second-order valence-electron chi connectivity index (χ2n) is 8.41. The van der Waals surface area contributed by atoms with Crippen molar-refractivity contribution in [2.75, 3.05) is 37.6 Å². The van der Waals surface area contributed by atoms with Gasteiger partial charge in [-0.25, -0.2) is 4.79 Å². The molecule has 7 heteroatoms. The topological polar surface area (TPSA) is 73.0 Å². The van der Waals surface area contributed by atoms with Crippen molar-refractivity contribution in [1.29, 1.82) is 0 Å². The van der Waals surface area contributed by atoms with E-state index in [4.69, 9.17) is 0 Å². The van der Waals surface area contributed by atoms with Gasteiger partial charge in [-0.1, -0.05) is 48.5 Å². The lowest BCUT2D eigenvalue weighted by molar-refractivity contribution is -0.136. The zero-order valence-electron chi connectivity index (χ0n) is 18.7. The van der Waals surface area contributed by atoms with Crippen LogP contribution in [0.25, 0.3) is 0 Å². The van der Waals surface area contributed by atoms with Crippen LogP contribution in [0.15, 0.2) is 72.8 Å². The summed E-state index contributed by atoms with van der Waals surface area (Å²) in [7, 11) is 0. The Hall–Kier alpha value is -3.45. The molecule has 0 aliphatic carbocycles. The largest absolute Gasteiger partial charge is 0.336 e. The number of hydrogen-bond acceptors (Lipinski definition) is 4. The second-order valence-corrected chi connectivity index (χ2v) is 8.41. The van der Waals surface area contributed by atoms with Crippen molar-refractivity contribution in [1.82, 2.24) is 15.1 Å². The van der Waals surface area contributed by atoms with Gasteiger partial charge in [0.25, 0.3) is 11.8 Å². The smallest absolute Gasteiger partial charge is 0.322 e. The minimum Gasteiger partial charge on any atom is -0.336 e. The standard InChI is InChI=1S/C26H30N4O3/c31-24-11-12-25(32)29(24)20-16-27-26(33)30(22-9-5-2-6-10-22)23-14-18-28(19-15-23)17-13-21-7-3-1-4-8-21/h1-12,23H,13-20H2,(H,27,33). The van der Waals surface area contributed by atoms with Gasteiger partial charge >= 0.3 is 6.03 Å². The monoisotopic (exact) mass is 446 g/mol. The lowest BCUT2D eigenvalue weighted by Crippen LogP contribution is -2.52. The van der Waals surface area contributed by atoms with Gasteiger partial charge in [-0.05, 0) is 37.0 Å². The highest BCUT2D eigenvalue weighted by Crippen LogP contribution is 2.24. The molecule has 0 bridgehead atoms. The molecule has 2 aliphatic rings. The molecule has 1 saturated heterocycles. The first-order chi connectivity index (χ1) is 16.1. The fourth-order valence-electron chi connectivity index (χ4n) is 4.43. The van der Waals surface area contributed by atoms with E-state index in [0.29, 0.717) is 0 Å². The molecule has 4 rings (SSSR count). The zero-order valence-corrected chi connectivity index (χ0v) is 18.7. The highest BCUT2D eigenvalue weighted by Gasteiger charge is 2.29. The molecule has 1 N–H and O–H groups in total. The summed E-state index contributed by atoms with van der Waals surface area (Å²) >= 11 is 0. The number of rotatable bonds is 8. The van der Waals surface area contributed by atoms with Gasteiger partial charge in [0.1, 0.15) is 0 Å². The molecule has 2 aromatic carbocycles. The van der Waals surface area contributed by atoms with E-state index in [1.807, 2.05) is 41.3 Å². The number of anilines is 1. The molecule has 0 unspecified atom stereocenters. The third-order valence-electron chi connectivity index (χ3n) is 6.25. The Kier molecular flexibility index (Phi) is 7.52. The maximum atomic E-state index is 13.2. The van der Waals surface area contributed by atoms with Crippen LogP contribution in [0.3, 0.4) is 0 Å². The molecular formula is C26H30N4O3. The van der Waals surface area contributed by atoms with Crippen LogP contribution in [-0.4, -0.2) is 66.4 Å². The third-order valence-corrected chi connectivity index (χ3v) is 6.25. The van der Waals surface area contributed by atoms with E-state index in [-0.39, 0.29) is 37.0 Å². The number of hydrogen-bond donors (Lipinski definition) is 1. The van der Waals surface area contributed by atoms with E-state index in [2.05, 4.69) is 34.5 Å². The molecule has 172 valence electrons. The molecule has 0 atom stereocenters. The van der Waals surface area contributed by atoms with Gasteiger partial charge in [0.05, 0.1) is 0 Å². The molecule has 0 radical (unpaired) electrons. The number of nitrogens with zero attached hydrogens (tertiary/aromatic N) is 3. The minimum atomic E-state index is -0.336. The fraction of sp³-hybridized carbons (Fsp3) is 0.346. The normalized spacial score (nSPS) is 16.9. The molecule has 33 heavy (non-hydrogen) atoms. The molecule has 4 amide bonds. The van der Waals surface area contributed by atoms with E-state index in [1.54, 1.807) is 0 Å². The van der Waals surface area contributed by atoms with E-state index >= 15 is 0 Å². The van der Waals surface area contributed by atoms with Crippen molar-refractivity contribution in [2.45, 2.75) is 25.3 Å². The Morgan fingerprint density at radius 3 is 2.12 bits per heavy atom. The van der Waals surface area contributed by atoms with Gasteiger partial charge in [0.2, 0.25) is 0 Å². The van der Waals surface area contributed by atoms with Gasteiger partial charge < -0.3 is 10.2 Å². The van der Waals surface area contributed by atoms with E-state index in [9.17, 15) is 14.4 Å². The van der Waals surface area contributed by atoms with Crippen LogP contribution >= 0.6 is 0 Å². The van der Waals surface area contributed by atoms with Crippen molar-refractivity contribution in [3.8, 4) is 0 Å². The summed E-state index contributed by atoms with van der Waals surface area (Å²) in [5, 5.41) is 2.90. The van der Waals surface area contributed by atoms with Crippen LogP contribution in [-0.2, 0) is 16.0 Å². The number of carbonyl (C=O) groups excluding carboxylic acids is 3. The van der Waals surface area contributed by atoms with Crippen LogP contribution in [0, 0.1) is 0 Å². The van der Waals surface area contributed by atoms with Crippen molar-refractivity contribution in [2.24, 2.45) is 0 Å². The average molecular weight is 447 g/mol.